The first-order valence-electron chi connectivity index (χ1n) is 12.0. The standard InChI is InChI=1S/C25H36N2O10S/c1-16(28)36-20-12-19(22(29)32-5)27(24(31)37-25(2,3)4)21(20)38-15-18(14-35-33-6)26-23(30)34-13-17-10-8-7-9-11-17/h7-11,18-21H,12-15H2,1-6H3,(H,26,30)/t18-,19+,20-,21+/m1/s1. The van der Waals surface area contributed by atoms with Crippen LogP contribution in [0.5, 0.6) is 0 Å². The van der Waals surface area contributed by atoms with Gasteiger partial charge in [0.2, 0.25) is 0 Å². The minimum Gasteiger partial charge on any atom is -0.467 e. The van der Waals surface area contributed by atoms with Crippen LogP contribution in [0.1, 0.15) is 39.7 Å². The normalized spacial score (nSPS) is 19.8. The van der Waals surface area contributed by atoms with Crippen LogP contribution >= 0.6 is 11.8 Å². The minimum atomic E-state index is -1.03. The van der Waals surface area contributed by atoms with Crippen LogP contribution in [0.15, 0.2) is 30.3 Å². The van der Waals surface area contributed by atoms with Crippen molar-refractivity contribution in [2.45, 2.75) is 69.9 Å². The Kier molecular flexibility index (Phi) is 12.1. The van der Waals surface area contributed by atoms with Gasteiger partial charge >= 0.3 is 24.1 Å². The van der Waals surface area contributed by atoms with E-state index >= 15 is 0 Å². The molecular weight excluding hydrogens is 520 g/mol. The van der Waals surface area contributed by atoms with Crippen molar-refractivity contribution in [2.24, 2.45) is 0 Å². The maximum atomic E-state index is 13.2. The number of esters is 2. The third-order valence-electron chi connectivity index (χ3n) is 5.17. The SMILES string of the molecule is COOC[C@H](CS[C@H]1[C@H](OC(C)=O)C[C@@H](C(=O)OC)N1C(=O)OC(C)(C)C)NC(=O)OCc1ccccc1. The molecule has 1 saturated heterocycles. The van der Waals surface area contributed by atoms with E-state index in [1.165, 1.54) is 37.8 Å². The fourth-order valence-corrected chi connectivity index (χ4v) is 5.02. The Morgan fingerprint density at radius 3 is 2.39 bits per heavy atom. The van der Waals surface area contributed by atoms with Gasteiger partial charge in [0.15, 0.2) is 0 Å². The van der Waals surface area contributed by atoms with Gasteiger partial charge in [0.1, 0.15) is 36.3 Å². The molecule has 2 amide bonds. The van der Waals surface area contributed by atoms with Crippen LogP contribution in [0.3, 0.4) is 0 Å². The second-order valence-electron chi connectivity index (χ2n) is 9.39. The van der Waals surface area contributed by atoms with Crippen LogP contribution in [0.25, 0.3) is 0 Å². The summed E-state index contributed by atoms with van der Waals surface area (Å²) in [5.74, 6) is -1.06. The number of likely N-dealkylation sites (tertiary alicyclic amines) is 1. The summed E-state index contributed by atoms with van der Waals surface area (Å²) in [5.41, 5.74) is -0.0236. The van der Waals surface area contributed by atoms with Crippen molar-refractivity contribution in [3.63, 3.8) is 0 Å². The van der Waals surface area contributed by atoms with Gasteiger partial charge in [-0.2, -0.15) is 0 Å². The molecule has 1 heterocycles. The molecule has 1 aliphatic rings. The highest BCUT2D eigenvalue weighted by atomic mass is 32.2. The van der Waals surface area contributed by atoms with Gasteiger partial charge in [-0.3, -0.25) is 9.69 Å². The molecule has 0 saturated carbocycles. The number of amides is 2. The maximum Gasteiger partial charge on any atom is 0.412 e. The zero-order chi connectivity index (χ0) is 28.3. The van der Waals surface area contributed by atoms with Gasteiger partial charge in [-0.05, 0) is 26.3 Å². The molecule has 2 rings (SSSR count). The Balaban J connectivity index is 2.18. The molecule has 38 heavy (non-hydrogen) atoms. The Morgan fingerprint density at radius 2 is 1.82 bits per heavy atom. The smallest absolute Gasteiger partial charge is 0.412 e. The molecule has 12 nitrogen and oxygen atoms in total. The molecule has 1 aliphatic heterocycles. The van der Waals surface area contributed by atoms with Crippen molar-refractivity contribution < 1.29 is 47.9 Å². The molecule has 0 aromatic heterocycles. The van der Waals surface area contributed by atoms with E-state index in [0.29, 0.717) is 0 Å². The minimum absolute atomic E-state index is 0.0228. The zero-order valence-electron chi connectivity index (χ0n) is 22.5. The summed E-state index contributed by atoms with van der Waals surface area (Å²) in [5, 5.41) is 1.89. The van der Waals surface area contributed by atoms with E-state index in [9.17, 15) is 19.2 Å². The van der Waals surface area contributed by atoms with Gasteiger partial charge in [-0.25, -0.2) is 24.2 Å². The Hall–Kier alpha value is -3.03. The van der Waals surface area contributed by atoms with Crippen LogP contribution < -0.4 is 5.32 Å². The molecule has 4 atom stereocenters. The molecular formula is C25H36N2O10S. The molecule has 1 fully saturated rings. The van der Waals surface area contributed by atoms with E-state index in [0.717, 1.165) is 5.56 Å². The van der Waals surface area contributed by atoms with E-state index in [4.69, 9.17) is 23.8 Å². The predicted molar refractivity (Wildman–Crippen MR) is 137 cm³/mol. The highest BCUT2D eigenvalue weighted by Crippen LogP contribution is 2.36. The largest absolute Gasteiger partial charge is 0.467 e. The maximum absolute atomic E-state index is 13.2. The zero-order valence-corrected chi connectivity index (χ0v) is 23.3. The Morgan fingerprint density at radius 1 is 1.13 bits per heavy atom. The highest BCUT2D eigenvalue weighted by molar-refractivity contribution is 8.00. The van der Waals surface area contributed by atoms with Gasteiger partial charge in [0, 0.05) is 19.1 Å². The summed E-state index contributed by atoms with van der Waals surface area (Å²) in [6.45, 7) is 6.36. The van der Waals surface area contributed by atoms with E-state index < -0.39 is 53.3 Å². The van der Waals surface area contributed by atoms with E-state index in [-0.39, 0.29) is 25.4 Å². The first-order valence-corrected chi connectivity index (χ1v) is 13.0. The molecule has 0 spiro atoms. The van der Waals surface area contributed by atoms with Crippen molar-refractivity contribution in [1.29, 1.82) is 0 Å². The number of carbonyl (C=O) groups excluding carboxylic acids is 4. The van der Waals surface area contributed by atoms with Gasteiger partial charge in [-0.1, -0.05) is 30.3 Å². The van der Waals surface area contributed by atoms with Crippen LogP contribution in [0.4, 0.5) is 9.59 Å². The molecule has 1 aromatic rings. The molecule has 0 unspecified atom stereocenters. The van der Waals surface area contributed by atoms with Crippen molar-refractivity contribution in [2.75, 3.05) is 26.6 Å². The number of hydrogen-bond acceptors (Lipinski definition) is 11. The lowest BCUT2D eigenvalue weighted by Crippen LogP contribution is -2.48. The van der Waals surface area contributed by atoms with Gasteiger partial charge in [0.25, 0.3) is 0 Å². The molecule has 212 valence electrons. The monoisotopic (exact) mass is 556 g/mol. The number of rotatable bonds is 11. The van der Waals surface area contributed by atoms with Crippen LogP contribution in [0, 0.1) is 0 Å². The summed E-state index contributed by atoms with van der Waals surface area (Å²) < 4.78 is 21.2. The van der Waals surface area contributed by atoms with E-state index in [2.05, 4.69) is 10.2 Å². The molecule has 0 bridgehead atoms. The number of thioether (sulfide) groups is 1. The Labute approximate surface area is 226 Å². The lowest BCUT2D eigenvalue weighted by molar-refractivity contribution is -0.274. The first-order chi connectivity index (χ1) is 17.9. The number of methoxy groups -OCH3 is 1. The lowest BCUT2D eigenvalue weighted by Gasteiger charge is -2.32. The second kappa shape index (κ2) is 14.8. The highest BCUT2D eigenvalue weighted by Gasteiger charge is 2.51. The van der Waals surface area contributed by atoms with E-state index in [1.54, 1.807) is 20.8 Å². The van der Waals surface area contributed by atoms with Crippen molar-refractivity contribution in [3.8, 4) is 0 Å². The first kappa shape index (κ1) is 31.2. The number of carbonyl (C=O) groups is 4. The van der Waals surface area contributed by atoms with Crippen LogP contribution in [-0.2, 0) is 44.9 Å². The third-order valence-corrected chi connectivity index (χ3v) is 6.64. The summed E-state index contributed by atoms with van der Waals surface area (Å²) in [6, 6.07) is 7.52. The Bertz CT molecular complexity index is 940. The lowest BCUT2D eigenvalue weighted by atomic mass is 10.2. The van der Waals surface area contributed by atoms with Crippen molar-refractivity contribution >= 4 is 35.9 Å². The van der Waals surface area contributed by atoms with Gasteiger partial charge in [-0.15, -0.1) is 11.8 Å². The number of alkyl carbamates (subject to hydrolysis) is 1. The summed E-state index contributed by atoms with van der Waals surface area (Å²) in [4.78, 5) is 60.9. The van der Waals surface area contributed by atoms with Gasteiger partial charge < -0.3 is 24.3 Å². The van der Waals surface area contributed by atoms with Crippen molar-refractivity contribution in [3.05, 3.63) is 35.9 Å². The molecule has 0 aliphatic carbocycles. The number of nitrogens with one attached hydrogen (secondary N) is 1. The van der Waals surface area contributed by atoms with Gasteiger partial charge in [0.05, 0.1) is 20.3 Å². The second-order valence-corrected chi connectivity index (χ2v) is 10.5. The summed E-state index contributed by atoms with van der Waals surface area (Å²) in [7, 11) is 2.54. The summed E-state index contributed by atoms with van der Waals surface area (Å²) >= 11 is 1.18. The van der Waals surface area contributed by atoms with Crippen molar-refractivity contribution in [1.82, 2.24) is 10.2 Å². The summed E-state index contributed by atoms with van der Waals surface area (Å²) in [6.07, 6.45) is -2.25. The topological polar surface area (TPSA) is 139 Å². The molecule has 0 radical (unpaired) electrons. The molecule has 13 heteroatoms. The number of hydrogen-bond donors (Lipinski definition) is 1. The number of nitrogens with zero attached hydrogens (tertiary/aromatic N) is 1. The predicted octanol–water partition coefficient (Wildman–Crippen LogP) is 3.03. The fraction of sp³-hybridized carbons (Fsp3) is 0.600. The number of ether oxygens (including phenoxy) is 4. The third kappa shape index (κ3) is 10.0. The van der Waals surface area contributed by atoms with Crippen LogP contribution in [0.2, 0.25) is 0 Å². The molecule has 1 N–H and O–H groups in total. The fourth-order valence-electron chi connectivity index (χ4n) is 3.63. The average molecular weight is 557 g/mol. The quantitative estimate of drug-likeness (QED) is 0.186. The van der Waals surface area contributed by atoms with E-state index in [1.807, 2.05) is 30.3 Å². The average Bonchev–Trinajstić information content (AvgIpc) is 3.21. The molecule has 1 aromatic carbocycles. The van der Waals surface area contributed by atoms with Crippen LogP contribution in [-0.4, -0.2) is 84.8 Å². The number of benzene rings is 1.